The van der Waals surface area contributed by atoms with Gasteiger partial charge in [0.05, 0.1) is 9.40 Å². The number of rotatable bonds is 4. The zero-order valence-electron chi connectivity index (χ0n) is 11.0. The van der Waals surface area contributed by atoms with Crippen molar-refractivity contribution in [1.82, 2.24) is 0 Å². The summed E-state index contributed by atoms with van der Waals surface area (Å²) >= 11 is 3.20. The predicted octanol–water partition coefficient (Wildman–Crippen LogP) is 4.31. The summed E-state index contributed by atoms with van der Waals surface area (Å²) in [5.41, 5.74) is 5.69. The first kappa shape index (κ1) is 15.4. The van der Waals surface area contributed by atoms with Gasteiger partial charge in [0.25, 0.3) is 0 Å². The van der Waals surface area contributed by atoms with E-state index < -0.39 is 16.8 Å². The molecule has 21 heavy (non-hydrogen) atoms. The number of para-hydroxylation sites is 1. The van der Waals surface area contributed by atoms with Gasteiger partial charge in [-0.3, -0.25) is 10.1 Å². The molecular formula is C14H12BrFN2O3. The highest BCUT2D eigenvalue weighted by atomic mass is 79.9. The fourth-order valence-corrected chi connectivity index (χ4v) is 2.34. The Labute approximate surface area is 128 Å². The molecule has 2 N–H and O–H groups in total. The Morgan fingerprint density at radius 3 is 2.62 bits per heavy atom. The van der Waals surface area contributed by atoms with Gasteiger partial charge in [0, 0.05) is 17.7 Å². The molecule has 0 heterocycles. The average molecular weight is 355 g/mol. The van der Waals surface area contributed by atoms with Crippen LogP contribution in [-0.4, -0.2) is 4.92 Å². The van der Waals surface area contributed by atoms with E-state index in [1.54, 1.807) is 13.0 Å². The van der Waals surface area contributed by atoms with Crippen LogP contribution in [0.3, 0.4) is 0 Å². The third-order valence-corrected chi connectivity index (χ3v) is 3.45. The molecule has 7 heteroatoms. The van der Waals surface area contributed by atoms with Crippen molar-refractivity contribution >= 4 is 21.6 Å². The van der Waals surface area contributed by atoms with E-state index in [1.807, 2.05) is 0 Å². The molecule has 0 spiro atoms. The minimum atomic E-state index is -0.609. The summed E-state index contributed by atoms with van der Waals surface area (Å²) in [5, 5.41) is 11.1. The van der Waals surface area contributed by atoms with Gasteiger partial charge in [0.1, 0.15) is 11.6 Å². The minimum Gasteiger partial charge on any atom is -0.448 e. The van der Waals surface area contributed by atoms with Gasteiger partial charge in [-0.25, -0.2) is 4.39 Å². The number of nitrogens with zero attached hydrogens (tertiary/aromatic N) is 1. The Balaban J connectivity index is 2.54. The van der Waals surface area contributed by atoms with Gasteiger partial charge in [-0.2, -0.15) is 0 Å². The number of hydrogen-bond donors (Lipinski definition) is 1. The van der Waals surface area contributed by atoms with E-state index in [1.165, 1.54) is 30.3 Å². The highest BCUT2D eigenvalue weighted by molar-refractivity contribution is 9.10. The third kappa shape index (κ3) is 3.20. The Kier molecular flexibility index (Phi) is 4.54. The molecule has 0 aliphatic heterocycles. The van der Waals surface area contributed by atoms with Crippen LogP contribution in [-0.2, 0) is 0 Å². The van der Waals surface area contributed by atoms with Gasteiger partial charge in [-0.1, -0.05) is 12.1 Å². The Bertz CT molecular complexity index is 692. The van der Waals surface area contributed by atoms with Crippen molar-refractivity contribution in [2.45, 2.75) is 13.0 Å². The van der Waals surface area contributed by atoms with E-state index in [0.29, 0.717) is 4.47 Å². The van der Waals surface area contributed by atoms with Gasteiger partial charge in [-0.05, 0) is 41.1 Å². The number of nitro groups is 1. The molecule has 0 saturated heterocycles. The lowest BCUT2D eigenvalue weighted by atomic mass is 10.1. The molecule has 0 radical (unpaired) electrons. The fraction of sp³-hybridized carbons (Fsp3) is 0.143. The fourth-order valence-electron chi connectivity index (χ4n) is 1.90. The second-order valence-electron chi connectivity index (χ2n) is 4.39. The first-order valence-electron chi connectivity index (χ1n) is 6.06. The molecular weight excluding hydrogens is 343 g/mol. The van der Waals surface area contributed by atoms with Crippen LogP contribution in [0.1, 0.15) is 18.5 Å². The van der Waals surface area contributed by atoms with Gasteiger partial charge in [0.15, 0.2) is 0 Å². The van der Waals surface area contributed by atoms with Crippen molar-refractivity contribution in [1.29, 1.82) is 0 Å². The molecule has 0 aliphatic rings. The summed E-state index contributed by atoms with van der Waals surface area (Å²) in [7, 11) is 0. The van der Waals surface area contributed by atoms with E-state index >= 15 is 0 Å². The molecule has 5 nitrogen and oxygen atoms in total. The van der Waals surface area contributed by atoms with Gasteiger partial charge < -0.3 is 10.5 Å². The summed E-state index contributed by atoms with van der Waals surface area (Å²) in [6.45, 7) is 1.61. The molecule has 2 rings (SSSR count). The minimum absolute atomic E-state index is 0.00926. The normalized spacial score (nSPS) is 12.0. The maximum atomic E-state index is 13.9. The molecule has 0 fully saturated rings. The van der Waals surface area contributed by atoms with Crippen molar-refractivity contribution in [2.75, 3.05) is 0 Å². The van der Waals surface area contributed by atoms with Crippen LogP contribution in [0, 0.1) is 15.9 Å². The van der Waals surface area contributed by atoms with E-state index in [4.69, 9.17) is 10.5 Å². The van der Waals surface area contributed by atoms with Crippen LogP contribution in [0.4, 0.5) is 10.1 Å². The molecule has 0 aliphatic carbocycles. The summed E-state index contributed by atoms with van der Waals surface area (Å²) in [4.78, 5) is 10.5. The van der Waals surface area contributed by atoms with Crippen molar-refractivity contribution in [3.63, 3.8) is 0 Å². The highest BCUT2D eigenvalue weighted by Crippen LogP contribution is 2.40. The number of benzene rings is 2. The number of ether oxygens (including phenoxy) is 1. The largest absolute Gasteiger partial charge is 0.448 e. The van der Waals surface area contributed by atoms with E-state index in [2.05, 4.69) is 15.9 Å². The zero-order chi connectivity index (χ0) is 15.6. The van der Waals surface area contributed by atoms with Crippen LogP contribution in [0.15, 0.2) is 40.9 Å². The highest BCUT2D eigenvalue weighted by Gasteiger charge is 2.21. The van der Waals surface area contributed by atoms with Crippen molar-refractivity contribution in [2.24, 2.45) is 5.73 Å². The number of hydrogen-bond acceptors (Lipinski definition) is 4. The lowest BCUT2D eigenvalue weighted by molar-refractivity contribution is -0.385. The number of halogens is 2. The molecule has 0 saturated carbocycles. The maximum Gasteiger partial charge on any atom is 0.312 e. The quantitative estimate of drug-likeness (QED) is 0.655. The topological polar surface area (TPSA) is 78.4 Å². The maximum absolute atomic E-state index is 13.9. The van der Waals surface area contributed by atoms with Crippen LogP contribution in [0.2, 0.25) is 0 Å². The van der Waals surface area contributed by atoms with Crippen molar-refractivity contribution in [3.05, 3.63) is 62.4 Å². The van der Waals surface area contributed by atoms with Crippen LogP contribution >= 0.6 is 15.9 Å². The Morgan fingerprint density at radius 2 is 2.00 bits per heavy atom. The second kappa shape index (κ2) is 6.19. The lowest BCUT2D eigenvalue weighted by Crippen LogP contribution is -2.09. The summed E-state index contributed by atoms with van der Waals surface area (Å²) in [6, 6.07) is 8.07. The standard InChI is InChI=1S/C14H12BrFN2O3/c1-8(17)13-10(16)5-3-7-12(13)21-14-9(15)4-2-6-11(14)18(19)20/h2-8H,17H2,1H3. The van der Waals surface area contributed by atoms with Crippen molar-refractivity contribution in [3.8, 4) is 11.5 Å². The summed E-state index contributed by atoms with van der Waals surface area (Å²) in [6.07, 6.45) is 0. The van der Waals surface area contributed by atoms with Crippen molar-refractivity contribution < 1.29 is 14.1 Å². The molecule has 1 unspecified atom stereocenters. The second-order valence-corrected chi connectivity index (χ2v) is 5.24. The zero-order valence-corrected chi connectivity index (χ0v) is 12.6. The first-order valence-corrected chi connectivity index (χ1v) is 6.86. The molecule has 0 bridgehead atoms. The number of nitro benzene ring substituents is 1. The summed E-state index contributed by atoms with van der Waals surface area (Å²) in [5.74, 6) is -0.354. The van der Waals surface area contributed by atoms with Gasteiger partial charge >= 0.3 is 5.69 Å². The molecule has 1 atom stereocenters. The predicted molar refractivity (Wildman–Crippen MR) is 79.9 cm³/mol. The van der Waals surface area contributed by atoms with E-state index in [-0.39, 0.29) is 22.7 Å². The third-order valence-electron chi connectivity index (χ3n) is 2.82. The number of nitrogens with two attached hydrogens (primary N) is 1. The van der Waals surface area contributed by atoms with Crippen LogP contribution in [0.5, 0.6) is 11.5 Å². The summed E-state index contributed by atoms with van der Waals surface area (Å²) < 4.78 is 19.8. The Hall–Kier alpha value is -1.99. The lowest BCUT2D eigenvalue weighted by Gasteiger charge is -2.15. The molecule has 2 aromatic carbocycles. The molecule has 0 amide bonds. The van der Waals surface area contributed by atoms with Crippen LogP contribution in [0.25, 0.3) is 0 Å². The Morgan fingerprint density at radius 1 is 1.33 bits per heavy atom. The van der Waals surface area contributed by atoms with E-state index in [9.17, 15) is 14.5 Å². The van der Waals surface area contributed by atoms with Crippen LogP contribution < -0.4 is 10.5 Å². The van der Waals surface area contributed by atoms with E-state index in [0.717, 1.165) is 0 Å². The smallest absolute Gasteiger partial charge is 0.312 e. The SMILES string of the molecule is CC(N)c1c(F)cccc1Oc1c(Br)cccc1[N+](=O)[O-]. The molecule has 110 valence electrons. The monoisotopic (exact) mass is 354 g/mol. The molecule has 0 aromatic heterocycles. The van der Waals surface area contributed by atoms with Gasteiger partial charge in [-0.15, -0.1) is 0 Å². The average Bonchev–Trinajstić information content (AvgIpc) is 2.40. The van der Waals surface area contributed by atoms with Gasteiger partial charge in [0.2, 0.25) is 5.75 Å². The molecule has 2 aromatic rings. The first-order chi connectivity index (χ1) is 9.91.